The molecular formula is C20H23NO3. The summed E-state index contributed by atoms with van der Waals surface area (Å²) < 4.78 is 10.6. The molecule has 2 aromatic rings. The van der Waals surface area contributed by atoms with Gasteiger partial charge in [0.25, 0.3) is 0 Å². The van der Waals surface area contributed by atoms with Crippen molar-refractivity contribution >= 4 is 5.91 Å². The first-order valence-electron chi connectivity index (χ1n) is 8.19. The minimum atomic E-state index is -0.451. The molecule has 3 rings (SSSR count). The molecule has 1 fully saturated rings. The molecule has 4 heteroatoms. The van der Waals surface area contributed by atoms with E-state index in [1.807, 2.05) is 55.5 Å². The second kappa shape index (κ2) is 6.56. The van der Waals surface area contributed by atoms with Gasteiger partial charge in [0.15, 0.2) is 0 Å². The highest BCUT2D eigenvalue weighted by Gasteiger charge is 2.53. The van der Waals surface area contributed by atoms with E-state index >= 15 is 0 Å². The number of carbonyl (C=O) groups is 1. The molecule has 2 aromatic carbocycles. The van der Waals surface area contributed by atoms with Crippen LogP contribution in [0.3, 0.4) is 0 Å². The lowest BCUT2D eigenvalue weighted by atomic mass is 9.93. The van der Waals surface area contributed by atoms with E-state index in [1.54, 1.807) is 14.2 Å². The van der Waals surface area contributed by atoms with E-state index < -0.39 is 5.41 Å². The van der Waals surface area contributed by atoms with Crippen LogP contribution in [0.15, 0.2) is 48.5 Å². The zero-order valence-electron chi connectivity index (χ0n) is 14.3. The Kier molecular flexibility index (Phi) is 4.47. The molecule has 1 saturated carbocycles. The first kappa shape index (κ1) is 16.4. The largest absolute Gasteiger partial charge is 0.497 e. The lowest BCUT2D eigenvalue weighted by Crippen LogP contribution is -2.36. The number of benzene rings is 2. The summed E-state index contributed by atoms with van der Waals surface area (Å²) in [5.74, 6) is 1.66. The number of carbonyl (C=O) groups excluding carboxylic acids is 1. The maximum absolute atomic E-state index is 12.9. The molecule has 126 valence electrons. The van der Waals surface area contributed by atoms with Crippen LogP contribution in [0.2, 0.25) is 0 Å². The van der Waals surface area contributed by atoms with Gasteiger partial charge in [-0.05, 0) is 43.5 Å². The summed E-state index contributed by atoms with van der Waals surface area (Å²) in [6.07, 6.45) is 1.71. The lowest BCUT2D eigenvalue weighted by molar-refractivity contribution is -0.124. The molecule has 4 nitrogen and oxygen atoms in total. The zero-order chi connectivity index (χ0) is 17.2. The van der Waals surface area contributed by atoms with Crippen molar-refractivity contribution in [3.8, 4) is 11.5 Å². The van der Waals surface area contributed by atoms with Gasteiger partial charge in [0, 0.05) is 5.56 Å². The normalized spacial score (nSPS) is 16.1. The van der Waals surface area contributed by atoms with Gasteiger partial charge < -0.3 is 14.8 Å². The first-order chi connectivity index (χ1) is 11.6. The molecule has 0 bridgehead atoms. The molecule has 0 radical (unpaired) electrons. The number of amides is 1. The number of rotatable bonds is 6. The van der Waals surface area contributed by atoms with Crippen LogP contribution in [-0.2, 0) is 10.2 Å². The second-order valence-corrected chi connectivity index (χ2v) is 6.25. The van der Waals surface area contributed by atoms with Gasteiger partial charge >= 0.3 is 0 Å². The minimum Gasteiger partial charge on any atom is -0.497 e. The molecule has 0 spiro atoms. The number of hydrogen-bond donors (Lipinski definition) is 1. The molecule has 0 aliphatic heterocycles. The lowest BCUT2D eigenvalue weighted by Gasteiger charge is -2.22. The molecule has 0 aromatic heterocycles. The van der Waals surface area contributed by atoms with Gasteiger partial charge in [-0.2, -0.15) is 0 Å². The van der Waals surface area contributed by atoms with Crippen molar-refractivity contribution in [1.82, 2.24) is 5.32 Å². The summed E-state index contributed by atoms with van der Waals surface area (Å²) in [6.45, 7) is 2.00. The fourth-order valence-electron chi connectivity index (χ4n) is 3.09. The first-order valence-corrected chi connectivity index (χ1v) is 8.19. The molecule has 1 unspecified atom stereocenters. The van der Waals surface area contributed by atoms with E-state index in [9.17, 15) is 4.79 Å². The predicted molar refractivity (Wildman–Crippen MR) is 93.5 cm³/mol. The fraction of sp³-hybridized carbons (Fsp3) is 0.350. The van der Waals surface area contributed by atoms with Crippen molar-refractivity contribution in [3.63, 3.8) is 0 Å². The van der Waals surface area contributed by atoms with E-state index in [-0.39, 0.29) is 11.9 Å². The van der Waals surface area contributed by atoms with Crippen LogP contribution >= 0.6 is 0 Å². The third-order valence-corrected chi connectivity index (χ3v) is 4.77. The van der Waals surface area contributed by atoms with E-state index in [0.29, 0.717) is 0 Å². The standard InChI is InChI=1S/C20H23NO3/c1-14(15-8-10-16(23-2)11-9-15)21-19(22)20(12-13-20)17-6-4-5-7-18(17)24-3/h4-11,14H,12-13H2,1-3H3,(H,21,22). The van der Waals surface area contributed by atoms with Crippen molar-refractivity contribution in [2.45, 2.75) is 31.2 Å². The van der Waals surface area contributed by atoms with Crippen LogP contribution in [0.4, 0.5) is 0 Å². The van der Waals surface area contributed by atoms with Crippen molar-refractivity contribution < 1.29 is 14.3 Å². The van der Waals surface area contributed by atoms with Crippen molar-refractivity contribution in [2.24, 2.45) is 0 Å². The fourth-order valence-corrected chi connectivity index (χ4v) is 3.09. The molecule has 0 heterocycles. The van der Waals surface area contributed by atoms with Crippen molar-refractivity contribution in [1.29, 1.82) is 0 Å². The Balaban J connectivity index is 1.76. The highest BCUT2D eigenvalue weighted by atomic mass is 16.5. The number of nitrogens with one attached hydrogen (secondary N) is 1. The van der Waals surface area contributed by atoms with E-state index in [1.165, 1.54) is 0 Å². The predicted octanol–water partition coefficient (Wildman–Crippen LogP) is 3.61. The molecule has 24 heavy (non-hydrogen) atoms. The third kappa shape index (κ3) is 2.96. The monoisotopic (exact) mass is 325 g/mol. The zero-order valence-corrected chi connectivity index (χ0v) is 14.3. The van der Waals surface area contributed by atoms with Crippen molar-refractivity contribution in [2.75, 3.05) is 14.2 Å². The Bertz CT molecular complexity index is 720. The Hall–Kier alpha value is -2.49. The van der Waals surface area contributed by atoms with Crippen LogP contribution < -0.4 is 14.8 Å². The summed E-state index contributed by atoms with van der Waals surface area (Å²) >= 11 is 0. The molecule has 1 amide bonds. The number of methoxy groups -OCH3 is 2. The molecule has 1 aliphatic carbocycles. The van der Waals surface area contributed by atoms with Gasteiger partial charge in [-0.3, -0.25) is 4.79 Å². The van der Waals surface area contributed by atoms with E-state index in [2.05, 4.69) is 5.32 Å². The SMILES string of the molecule is COc1ccc(C(C)NC(=O)C2(c3ccccc3OC)CC2)cc1. The average molecular weight is 325 g/mol. The van der Waals surface area contributed by atoms with Crippen LogP contribution in [0.5, 0.6) is 11.5 Å². The van der Waals surface area contributed by atoms with Crippen LogP contribution in [0, 0.1) is 0 Å². The summed E-state index contributed by atoms with van der Waals surface area (Å²) in [6, 6.07) is 15.5. The Labute approximate surface area is 142 Å². The van der Waals surface area contributed by atoms with Gasteiger partial charge in [-0.1, -0.05) is 30.3 Å². The Morgan fingerprint density at radius 3 is 2.29 bits per heavy atom. The molecule has 1 atom stereocenters. The summed E-state index contributed by atoms with van der Waals surface area (Å²) in [5.41, 5.74) is 1.58. The molecule has 0 saturated heterocycles. The summed E-state index contributed by atoms with van der Waals surface area (Å²) in [7, 11) is 3.29. The molecular weight excluding hydrogens is 302 g/mol. The van der Waals surface area contributed by atoms with Gasteiger partial charge in [0.05, 0.1) is 25.7 Å². The van der Waals surface area contributed by atoms with Gasteiger partial charge in [0.2, 0.25) is 5.91 Å². The van der Waals surface area contributed by atoms with Crippen molar-refractivity contribution in [3.05, 3.63) is 59.7 Å². The maximum atomic E-state index is 12.9. The smallest absolute Gasteiger partial charge is 0.231 e. The van der Waals surface area contributed by atoms with E-state index in [4.69, 9.17) is 9.47 Å². The second-order valence-electron chi connectivity index (χ2n) is 6.25. The number of para-hydroxylation sites is 1. The number of hydrogen-bond acceptors (Lipinski definition) is 3. The van der Waals surface area contributed by atoms with E-state index in [0.717, 1.165) is 35.5 Å². The number of ether oxygens (including phenoxy) is 2. The Morgan fingerprint density at radius 1 is 1.04 bits per heavy atom. The molecule has 1 N–H and O–H groups in total. The topological polar surface area (TPSA) is 47.6 Å². The highest BCUT2D eigenvalue weighted by molar-refractivity contribution is 5.92. The van der Waals surface area contributed by atoms with Crippen LogP contribution in [-0.4, -0.2) is 20.1 Å². The van der Waals surface area contributed by atoms with Crippen LogP contribution in [0.25, 0.3) is 0 Å². The van der Waals surface area contributed by atoms with Gasteiger partial charge in [-0.25, -0.2) is 0 Å². The maximum Gasteiger partial charge on any atom is 0.231 e. The summed E-state index contributed by atoms with van der Waals surface area (Å²) in [5, 5.41) is 3.15. The summed E-state index contributed by atoms with van der Waals surface area (Å²) in [4.78, 5) is 12.9. The van der Waals surface area contributed by atoms with Crippen LogP contribution in [0.1, 0.15) is 36.9 Å². The average Bonchev–Trinajstić information content (AvgIpc) is 3.43. The third-order valence-electron chi connectivity index (χ3n) is 4.77. The Morgan fingerprint density at radius 2 is 1.71 bits per heavy atom. The van der Waals surface area contributed by atoms with Gasteiger partial charge in [0.1, 0.15) is 11.5 Å². The van der Waals surface area contributed by atoms with Gasteiger partial charge in [-0.15, -0.1) is 0 Å². The quantitative estimate of drug-likeness (QED) is 0.882. The molecule has 1 aliphatic rings. The highest BCUT2D eigenvalue weighted by Crippen LogP contribution is 2.51. The minimum absolute atomic E-state index is 0.0596.